The van der Waals surface area contributed by atoms with Gasteiger partial charge in [0, 0.05) is 22.3 Å². The SMILES string of the molecule is Clc1c(Cl)c(Cl)c(-c2ccc(-c3c(Cl)c(Cl)c(Cl)c(Cl)c3Cl)c(-c3c(Cl)c(Cl)c(Cl)c(Cl)c3Cl)n2)c(Cl)c1Cl. The van der Waals surface area contributed by atoms with Crippen LogP contribution in [0.25, 0.3) is 33.6 Å². The highest BCUT2D eigenvalue weighted by Gasteiger charge is 2.29. The van der Waals surface area contributed by atoms with Gasteiger partial charge in [0.05, 0.1) is 86.7 Å². The minimum Gasteiger partial charge on any atom is -0.247 e. The Hall–Kier alpha value is 1.16. The van der Waals surface area contributed by atoms with Gasteiger partial charge in [0.15, 0.2) is 0 Å². The molecule has 0 bridgehead atoms. The molecule has 0 fully saturated rings. The standard InChI is InChI=1S/C23H2Cl15N/c24-8-5(9(25)15(31)20(36)14(8)30)3-1-2-4(6-10(26)16(32)21(37)17(33)11(6)27)39-23(3)7-12(28)18(34)22(38)19(35)13(7)29/h1-2H. The van der Waals surface area contributed by atoms with E-state index in [1.165, 1.54) is 6.07 Å². The largest absolute Gasteiger partial charge is 0.247 e. The smallest absolute Gasteiger partial charge is 0.0820 e. The molecule has 4 rings (SSSR count). The zero-order valence-corrected chi connectivity index (χ0v) is 29.1. The van der Waals surface area contributed by atoms with Crippen molar-refractivity contribution in [2.75, 3.05) is 0 Å². The van der Waals surface area contributed by atoms with E-state index in [1.807, 2.05) is 0 Å². The number of pyridine rings is 1. The van der Waals surface area contributed by atoms with Crippen LogP contribution in [0.5, 0.6) is 0 Å². The molecule has 39 heavy (non-hydrogen) atoms. The molecular formula is C23H2Cl15N. The second-order valence-corrected chi connectivity index (χ2v) is 13.1. The van der Waals surface area contributed by atoms with E-state index in [0.29, 0.717) is 0 Å². The monoisotopic (exact) mass is 817 g/mol. The topological polar surface area (TPSA) is 12.9 Å². The van der Waals surface area contributed by atoms with Gasteiger partial charge in [0.25, 0.3) is 0 Å². The van der Waals surface area contributed by atoms with Gasteiger partial charge >= 0.3 is 0 Å². The van der Waals surface area contributed by atoms with Crippen LogP contribution in [0.4, 0.5) is 0 Å². The van der Waals surface area contributed by atoms with E-state index in [-0.39, 0.29) is 109 Å². The lowest BCUT2D eigenvalue weighted by Crippen LogP contribution is -1.98. The summed E-state index contributed by atoms with van der Waals surface area (Å²) in [6.45, 7) is 0. The normalized spacial score (nSPS) is 11.5. The van der Waals surface area contributed by atoms with Crippen LogP contribution < -0.4 is 0 Å². The minimum absolute atomic E-state index is 0.0275. The number of hydrogen-bond acceptors (Lipinski definition) is 1. The summed E-state index contributed by atoms with van der Waals surface area (Å²) in [5.41, 5.74) is 0.805. The molecule has 0 saturated carbocycles. The quantitative estimate of drug-likeness (QED) is 0.148. The highest BCUT2D eigenvalue weighted by Crippen LogP contribution is 2.55. The summed E-state index contributed by atoms with van der Waals surface area (Å²) in [6, 6.07) is 3.08. The first kappa shape index (κ1) is 33.1. The van der Waals surface area contributed by atoms with Gasteiger partial charge in [-0.15, -0.1) is 0 Å². The van der Waals surface area contributed by atoms with Crippen molar-refractivity contribution in [1.82, 2.24) is 4.98 Å². The van der Waals surface area contributed by atoms with E-state index in [2.05, 4.69) is 0 Å². The summed E-state index contributed by atoms with van der Waals surface area (Å²) in [5.74, 6) is 0. The molecule has 0 aliphatic heterocycles. The van der Waals surface area contributed by atoms with Gasteiger partial charge < -0.3 is 0 Å². The van der Waals surface area contributed by atoms with Gasteiger partial charge in [-0.1, -0.05) is 174 Å². The molecule has 4 aromatic rings. The lowest BCUT2D eigenvalue weighted by molar-refractivity contribution is 1.32. The maximum Gasteiger partial charge on any atom is 0.0820 e. The zero-order valence-electron chi connectivity index (χ0n) is 17.8. The van der Waals surface area contributed by atoms with Crippen molar-refractivity contribution in [3.8, 4) is 33.6 Å². The molecule has 0 aliphatic carbocycles. The van der Waals surface area contributed by atoms with Gasteiger partial charge in [0.1, 0.15) is 0 Å². The first-order valence-electron chi connectivity index (χ1n) is 9.69. The molecule has 0 aliphatic rings. The number of aromatic nitrogens is 1. The Balaban J connectivity index is 2.23. The highest BCUT2D eigenvalue weighted by molar-refractivity contribution is 6.59. The molecule has 1 heterocycles. The maximum atomic E-state index is 6.62. The molecule has 204 valence electrons. The average molecular weight is 824 g/mol. The Morgan fingerprint density at radius 2 is 0.590 bits per heavy atom. The van der Waals surface area contributed by atoms with Crippen LogP contribution in [0.3, 0.4) is 0 Å². The third-order valence-corrected chi connectivity index (χ3v) is 12.1. The summed E-state index contributed by atoms with van der Waals surface area (Å²) < 4.78 is 0. The van der Waals surface area contributed by atoms with Gasteiger partial charge in [-0.25, -0.2) is 4.98 Å². The first-order valence-corrected chi connectivity index (χ1v) is 15.4. The average Bonchev–Trinajstić information content (AvgIpc) is 2.91. The maximum absolute atomic E-state index is 6.62. The molecule has 3 aromatic carbocycles. The number of halogens is 15. The summed E-state index contributed by atoms with van der Waals surface area (Å²) in [6.07, 6.45) is 0. The van der Waals surface area contributed by atoms with Gasteiger partial charge in [-0.05, 0) is 12.1 Å². The fourth-order valence-corrected chi connectivity index (χ4v) is 7.47. The van der Waals surface area contributed by atoms with E-state index < -0.39 is 0 Å². The van der Waals surface area contributed by atoms with Crippen molar-refractivity contribution >= 4 is 174 Å². The highest BCUT2D eigenvalue weighted by atomic mass is 35.5. The molecule has 0 saturated heterocycles. The van der Waals surface area contributed by atoms with Crippen LogP contribution in [0.2, 0.25) is 75.3 Å². The predicted octanol–water partition coefficient (Wildman–Crippen LogP) is 15.9. The van der Waals surface area contributed by atoms with Crippen LogP contribution in [0, 0.1) is 0 Å². The second-order valence-electron chi connectivity index (χ2n) is 7.43. The molecule has 0 spiro atoms. The van der Waals surface area contributed by atoms with E-state index in [1.54, 1.807) is 6.07 Å². The third-order valence-electron chi connectivity index (χ3n) is 5.29. The van der Waals surface area contributed by atoms with Gasteiger partial charge in [0.2, 0.25) is 0 Å². The Morgan fingerprint density at radius 1 is 0.308 bits per heavy atom. The minimum atomic E-state index is -0.0982. The Kier molecular flexibility index (Phi) is 10.7. The summed E-state index contributed by atoms with van der Waals surface area (Å²) in [5, 5.41) is -0.927. The molecule has 0 N–H and O–H groups in total. The van der Waals surface area contributed by atoms with Gasteiger partial charge in [-0.3, -0.25) is 0 Å². The van der Waals surface area contributed by atoms with Crippen LogP contribution in [-0.4, -0.2) is 4.98 Å². The van der Waals surface area contributed by atoms with Crippen molar-refractivity contribution in [2.45, 2.75) is 0 Å². The predicted molar refractivity (Wildman–Crippen MR) is 176 cm³/mol. The van der Waals surface area contributed by atoms with Crippen LogP contribution >= 0.6 is 174 Å². The van der Waals surface area contributed by atoms with E-state index >= 15 is 0 Å². The van der Waals surface area contributed by atoms with Crippen molar-refractivity contribution in [3.63, 3.8) is 0 Å². The fraction of sp³-hybridized carbons (Fsp3) is 0. The molecular weight excluding hydrogens is 822 g/mol. The van der Waals surface area contributed by atoms with Crippen molar-refractivity contribution in [3.05, 3.63) is 87.5 Å². The summed E-state index contributed by atoms with van der Waals surface area (Å²) in [4.78, 5) is 4.73. The van der Waals surface area contributed by atoms with Crippen molar-refractivity contribution in [2.24, 2.45) is 0 Å². The van der Waals surface area contributed by atoms with Crippen LogP contribution in [0.15, 0.2) is 12.1 Å². The Labute approximate surface area is 296 Å². The number of benzene rings is 3. The molecule has 16 heteroatoms. The van der Waals surface area contributed by atoms with E-state index in [9.17, 15) is 0 Å². The van der Waals surface area contributed by atoms with E-state index in [0.717, 1.165) is 0 Å². The molecule has 0 unspecified atom stereocenters. The van der Waals surface area contributed by atoms with Gasteiger partial charge in [-0.2, -0.15) is 0 Å². The fourth-order valence-electron chi connectivity index (χ4n) is 3.47. The molecule has 1 nitrogen and oxygen atoms in total. The lowest BCUT2D eigenvalue weighted by atomic mass is 9.97. The number of nitrogens with zero attached hydrogens (tertiary/aromatic N) is 1. The second kappa shape index (κ2) is 12.6. The third kappa shape index (κ3) is 5.61. The van der Waals surface area contributed by atoms with E-state index in [4.69, 9.17) is 179 Å². The van der Waals surface area contributed by atoms with Crippen molar-refractivity contribution < 1.29 is 0 Å². The Morgan fingerprint density at radius 3 is 0.949 bits per heavy atom. The lowest BCUT2D eigenvalue weighted by Gasteiger charge is -2.20. The Bertz CT molecular complexity index is 1630. The molecule has 1 aromatic heterocycles. The zero-order chi connectivity index (χ0) is 29.2. The van der Waals surface area contributed by atoms with Crippen LogP contribution in [-0.2, 0) is 0 Å². The molecule has 0 amide bonds. The number of rotatable bonds is 3. The number of hydrogen-bond donors (Lipinski definition) is 0. The first-order chi connectivity index (χ1) is 18.1. The molecule has 0 radical (unpaired) electrons. The summed E-state index contributed by atoms with van der Waals surface area (Å²) >= 11 is 96.0. The van der Waals surface area contributed by atoms with Crippen LogP contribution in [0.1, 0.15) is 0 Å². The summed E-state index contributed by atoms with van der Waals surface area (Å²) in [7, 11) is 0. The van der Waals surface area contributed by atoms with Crippen molar-refractivity contribution in [1.29, 1.82) is 0 Å². The molecule has 0 atom stereocenters.